The molecule has 1 N–H and O–H groups in total. The van der Waals surface area contributed by atoms with Crippen LogP contribution in [0.1, 0.15) is 31.7 Å². The summed E-state index contributed by atoms with van der Waals surface area (Å²) in [6, 6.07) is 6.40. The zero-order valence-electron chi connectivity index (χ0n) is 11.6. The quantitative estimate of drug-likeness (QED) is 0.921. The topological polar surface area (TPSA) is 32.3 Å². The molecular weight excluding hydrogens is 304 g/mol. The largest absolute Gasteiger partial charge is 0.325 e. The molecule has 2 rings (SSSR count). The highest BCUT2D eigenvalue weighted by molar-refractivity contribution is 9.10. The maximum Gasteiger partial charge on any atom is 0.238 e. The number of anilines is 1. The summed E-state index contributed by atoms with van der Waals surface area (Å²) in [6.07, 6.45) is 3.69. The zero-order chi connectivity index (χ0) is 13.8. The van der Waals surface area contributed by atoms with Gasteiger partial charge in [-0.2, -0.15) is 0 Å². The Hall–Kier alpha value is -0.870. The highest BCUT2D eigenvalue weighted by Crippen LogP contribution is 2.20. The minimum Gasteiger partial charge on any atom is -0.325 e. The van der Waals surface area contributed by atoms with E-state index in [0.717, 1.165) is 22.3 Å². The van der Waals surface area contributed by atoms with Crippen LogP contribution in [0.3, 0.4) is 0 Å². The molecule has 0 spiro atoms. The van der Waals surface area contributed by atoms with E-state index in [-0.39, 0.29) is 5.91 Å². The standard InChI is InChI=1S/C15H21BrN2O/c1-11-9-13(6-7-14(11)16)17-15(19)10-18-8-4-3-5-12(18)2/h6-7,9,12H,3-5,8,10H2,1-2H3,(H,17,19). The first-order chi connectivity index (χ1) is 9.06. The number of aryl methyl sites for hydroxylation is 1. The van der Waals surface area contributed by atoms with Gasteiger partial charge in [-0.1, -0.05) is 22.4 Å². The van der Waals surface area contributed by atoms with Crippen molar-refractivity contribution in [3.63, 3.8) is 0 Å². The lowest BCUT2D eigenvalue weighted by Gasteiger charge is -2.32. The third-order valence-corrected chi connectivity index (χ3v) is 4.62. The molecule has 0 radical (unpaired) electrons. The monoisotopic (exact) mass is 324 g/mol. The number of halogens is 1. The van der Waals surface area contributed by atoms with Crippen molar-refractivity contribution in [3.05, 3.63) is 28.2 Å². The average molecular weight is 325 g/mol. The Balaban J connectivity index is 1.91. The highest BCUT2D eigenvalue weighted by atomic mass is 79.9. The highest BCUT2D eigenvalue weighted by Gasteiger charge is 2.20. The Kier molecular flexibility index (Phi) is 4.99. The van der Waals surface area contributed by atoms with E-state index in [2.05, 4.69) is 33.1 Å². The molecule has 0 aromatic heterocycles. The smallest absolute Gasteiger partial charge is 0.238 e. The number of carbonyl (C=O) groups is 1. The first-order valence-electron chi connectivity index (χ1n) is 6.86. The molecule has 0 saturated carbocycles. The molecule has 1 amide bonds. The Morgan fingerprint density at radius 3 is 2.95 bits per heavy atom. The molecule has 19 heavy (non-hydrogen) atoms. The molecule has 0 aliphatic carbocycles. The van der Waals surface area contributed by atoms with Crippen LogP contribution < -0.4 is 5.32 Å². The predicted molar refractivity (Wildman–Crippen MR) is 82.4 cm³/mol. The van der Waals surface area contributed by atoms with Crippen molar-refractivity contribution < 1.29 is 4.79 Å². The summed E-state index contributed by atoms with van der Waals surface area (Å²) in [6.45, 7) is 5.76. The van der Waals surface area contributed by atoms with Gasteiger partial charge >= 0.3 is 0 Å². The number of carbonyl (C=O) groups excluding carboxylic acids is 1. The number of amides is 1. The van der Waals surface area contributed by atoms with Crippen molar-refractivity contribution in [2.75, 3.05) is 18.4 Å². The van der Waals surface area contributed by atoms with Gasteiger partial charge in [0.15, 0.2) is 0 Å². The number of hydrogen-bond acceptors (Lipinski definition) is 2. The van der Waals surface area contributed by atoms with Crippen molar-refractivity contribution in [1.82, 2.24) is 4.90 Å². The summed E-state index contributed by atoms with van der Waals surface area (Å²) in [5, 5.41) is 2.98. The van der Waals surface area contributed by atoms with Gasteiger partial charge in [0.2, 0.25) is 5.91 Å². The molecule has 1 aromatic rings. The van der Waals surface area contributed by atoms with E-state index in [9.17, 15) is 4.79 Å². The summed E-state index contributed by atoms with van der Waals surface area (Å²) >= 11 is 3.46. The fraction of sp³-hybridized carbons (Fsp3) is 0.533. The lowest BCUT2D eigenvalue weighted by Crippen LogP contribution is -2.42. The van der Waals surface area contributed by atoms with Gasteiger partial charge in [0, 0.05) is 16.2 Å². The molecule has 1 heterocycles. The van der Waals surface area contributed by atoms with Crippen LogP contribution in [0.5, 0.6) is 0 Å². The van der Waals surface area contributed by atoms with Crippen molar-refractivity contribution in [2.45, 2.75) is 39.2 Å². The van der Waals surface area contributed by atoms with Crippen LogP contribution in [0, 0.1) is 6.92 Å². The molecule has 104 valence electrons. The van der Waals surface area contributed by atoms with Crippen LogP contribution in [0.2, 0.25) is 0 Å². The van der Waals surface area contributed by atoms with Gasteiger partial charge in [0.1, 0.15) is 0 Å². The Morgan fingerprint density at radius 2 is 2.26 bits per heavy atom. The van der Waals surface area contributed by atoms with Crippen LogP contribution >= 0.6 is 15.9 Å². The maximum absolute atomic E-state index is 12.1. The second-order valence-electron chi connectivity index (χ2n) is 5.33. The summed E-state index contributed by atoms with van der Waals surface area (Å²) < 4.78 is 1.06. The molecule has 1 aliphatic rings. The van der Waals surface area contributed by atoms with Crippen molar-refractivity contribution >= 4 is 27.5 Å². The number of rotatable bonds is 3. The van der Waals surface area contributed by atoms with E-state index in [1.165, 1.54) is 19.3 Å². The number of likely N-dealkylation sites (tertiary alicyclic amines) is 1. The van der Waals surface area contributed by atoms with Gasteiger partial charge in [-0.25, -0.2) is 0 Å². The van der Waals surface area contributed by atoms with Crippen molar-refractivity contribution in [1.29, 1.82) is 0 Å². The molecule has 1 aromatic carbocycles. The minimum absolute atomic E-state index is 0.0791. The normalized spacial score (nSPS) is 20.3. The van der Waals surface area contributed by atoms with Crippen LogP contribution in [-0.2, 0) is 4.79 Å². The number of benzene rings is 1. The van der Waals surface area contributed by atoms with Crippen LogP contribution in [0.15, 0.2) is 22.7 Å². The van der Waals surface area contributed by atoms with E-state index in [1.54, 1.807) is 0 Å². The third kappa shape index (κ3) is 4.05. The molecule has 3 nitrogen and oxygen atoms in total. The first-order valence-corrected chi connectivity index (χ1v) is 7.65. The molecule has 1 aliphatic heterocycles. The van der Waals surface area contributed by atoms with Crippen LogP contribution in [0.4, 0.5) is 5.69 Å². The number of nitrogens with zero attached hydrogens (tertiary/aromatic N) is 1. The fourth-order valence-electron chi connectivity index (χ4n) is 2.50. The molecule has 1 unspecified atom stereocenters. The van der Waals surface area contributed by atoms with Crippen molar-refractivity contribution in [2.24, 2.45) is 0 Å². The lowest BCUT2D eigenvalue weighted by atomic mass is 10.0. The number of nitrogens with one attached hydrogen (secondary N) is 1. The van der Waals surface area contributed by atoms with E-state index in [4.69, 9.17) is 0 Å². The van der Waals surface area contributed by atoms with Gasteiger partial charge < -0.3 is 5.32 Å². The maximum atomic E-state index is 12.1. The second kappa shape index (κ2) is 6.53. The molecule has 1 fully saturated rings. The van der Waals surface area contributed by atoms with E-state index in [0.29, 0.717) is 12.6 Å². The minimum atomic E-state index is 0.0791. The van der Waals surface area contributed by atoms with Gasteiger partial charge in [-0.05, 0) is 57.0 Å². The van der Waals surface area contributed by atoms with Crippen LogP contribution in [0.25, 0.3) is 0 Å². The zero-order valence-corrected chi connectivity index (χ0v) is 13.2. The SMILES string of the molecule is Cc1cc(NC(=O)CN2CCCCC2C)ccc1Br. The fourth-order valence-corrected chi connectivity index (χ4v) is 2.75. The molecule has 1 atom stereocenters. The van der Waals surface area contributed by atoms with Gasteiger partial charge in [-0.3, -0.25) is 9.69 Å². The number of hydrogen-bond donors (Lipinski definition) is 1. The van der Waals surface area contributed by atoms with Gasteiger partial charge in [0.25, 0.3) is 0 Å². The van der Waals surface area contributed by atoms with Crippen molar-refractivity contribution in [3.8, 4) is 0 Å². The van der Waals surface area contributed by atoms with E-state index >= 15 is 0 Å². The Bertz CT molecular complexity index is 461. The number of piperidine rings is 1. The van der Waals surface area contributed by atoms with Gasteiger partial charge in [-0.15, -0.1) is 0 Å². The molecule has 4 heteroatoms. The first kappa shape index (κ1) is 14.5. The summed E-state index contributed by atoms with van der Waals surface area (Å²) in [5.74, 6) is 0.0791. The summed E-state index contributed by atoms with van der Waals surface area (Å²) in [4.78, 5) is 14.3. The predicted octanol–water partition coefficient (Wildman–Crippen LogP) is 3.57. The summed E-state index contributed by atoms with van der Waals surface area (Å²) in [7, 11) is 0. The van der Waals surface area contributed by atoms with Gasteiger partial charge in [0.05, 0.1) is 6.54 Å². The average Bonchev–Trinajstić information content (AvgIpc) is 2.37. The van der Waals surface area contributed by atoms with E-state index in [1.807, 2.05) is 25.1 Å². The summed E-state index contributed by atoms with van der Waals surface area (Å²) in [5.41, 5.74) is 2.00. The van der Waals surface area contributed by atoms with Crippen LogP contribution in [-0.4, -0.2) is 29.9 Å². The lowest BCUT2D eigenvalue weighted by molar-refractivity contribution is -0.118. The Labute approximate surface area is 123 Å². The second-order valence-corrected chi connectivity index (χ2v) is 6.18. The van der Waals surface area contributed by atoms with E-state index < -0.39 is 0 Å². The molecule has 1 saturated heterocycles. The molecular formula is C15H21BrN2O. The molecule has 0 bridgehead atoms. The Morgan fingerprint density at radius 1 is 1.47 bits per heavy atom. The third-order valence-electron chi connectivity index (χ3n) is 3.73.